The zero-order valence-corrected chi connectivity index (χ0v) is 19.9. The Bertz CT molecular complexity index is 1190. The molecular formula is C24H27N3O3S2. The number of aryl methyl sites for hydroxylation is 2. The molecule has 1 amide bonds. The minimum absolute atomic E-state index is 0.242. The number of thiazole rings is 1. The van der Waals surface area contributed by atoms with Crippen molar-refractivity contribution in [2.75, 3.05) is 13.1 Å². The van der Waals surface area contributed by atoms with Gasteiger partial charge in [0.25, 0.3) is 0 Å². The summed E-state index contributed by atoms with van der Waals surface area (Å²) in [4.78, 5) is 17.8. The van der Waals surface area contributed by atoms with Crippen LogP contribution < -0.4 is 5.32 Å². The van der Waals surface area contributed by atoms with Crippen LogP contribution in [0.4, 0.5) is 0 Å². The van der Waals surface area contributed by atoms with Crippen LogP contribution in [0, 0.1) is 13.8 Å². The molecular weight excluding hydrogens is 442 g/mol. The first-order valence-corrected chi connectivity index (χ1v) is 13.0. The molecule has 1 fully saturated rings. The predicted molar refractivity (Wildman–Crippen MR) is 127 cm³/mol. The van der Waals surface area contributed by atoms with Crippen molar-refractivity contribution in [1.29, 1.82) is 0 Å². The number of carbonyl (C=O) groups excluding carboxylic acids is 1. The van der Waals surface area contributed by atoms with E-state index in [1.807, 2.05) is 55.6 Å². The van der Waals surface area contributed by atoms with Crippen molar-refractivity contribution >= 4 is 27.3 Å². The fourth-order valence-electron chi connectivity index (χ4n) is 4.07. The third-order valence-corrected chi connectivity index (χ3v) is 8.39. The zero-order valence-electron chi connectivity index (χ0n) is 18.2. The number of aromatic nitrogens is 1. The standard InChI is InChI=1S/C24H27N3O3S2/c1-17-13-18(2)15-21(14-17)32(29,30)27-12-6-9-22(27)23(28)25-11-10-20-16-31-24(26-20)19-7-4-3-5-8-19/h3-5,7-8,13-16,22H,6,9-12H2,1-2H3,(H,25,28). The van der Waals surface area contributed by atoms with E-state index in [1.54, 1.807) is 23.5 Å². The molecule has 0 saturated carbocycles. The van der Waals surface area contributed by atoms with Crippen molar-refractivity contribution in [3.8, 4) is 10.6 Å². The third-order valence-electron chi connectivity index (χ3n) is 5.56. The van der Waals surface area contributed by atoms with E-state index in [-0.39, 0.29) is 10.8 Å². The van der Waals surface area contributed by atoms with Gasteiger partial charge in [-0.05, 0) is 49.9 Å². The molecule has 4 rings (SSSR count). The Kier molecular flexibility index (Phi) is 6.74. The van der Waals surface area contributed by atoms with Crippen molar-refractivity contribution in [2.45, 2.75) is 44.0 Å². The molecule has 0 bridgehead atoms. The van der Waals surface area contributed by atoms with Gasteiger partial charge in [0.2, 0.25) is 15.9 Å². The molecule has 1 N–H and O–H groups in total. The lowest BCUT2D eigenvalue weighted by atomic mass is 10.2. The van der Waals surface area contributed by atoms with E-state index in [0.717, 1.165) is 27.4 Å². The third kappa shape index (κ3) is 4.92. The summed E-state index contributed by atoms with van der Waals surface area (Å²) < 4.78 is 27.8. The Hall–Kier alpha value is -2.55. The average molecular weight is 470 g/mol. The largest absolute Gasteiger partial charge is 0.354 e. The second kappa shape index (κ2) is 9.52. The normalized spacial score (nSPS) is 16.9. The number of nitrogens with one attached hydrogen (secondary N) is 1. The van der Waals surface area contributed by atoms with E-state index < -0.39 is 16.1 Å². The molecule has 0 spiro atoms. The van der Waals surface area contributed by atoms with Crippen LogP contribution in [0.25, 0.3) is 10.6 Å². The molecule has 168 valence electrons. The first kappa shape index (κ1) is 22.6. The molecule has 2 aromatic carbocycles. The Morgan fingerprint density at radius 3 is 2.59 bits per heavy atom. The van der Waals surface area contributed by atoms with Gasteiger partial charge in [0.05, 0.1) is 10.6 Å². The summed E-state index contributed by atoms with van der Waals surface area (Å²) in [5.41, 5.74) is 3.77. The Morgan fingerprint density at radius 2 is 1.88 bits per heavy atom. The maximum atomic E-state index is 13.2. The van der Waals surface area contributed by atoms with Crippen molar-refractivity contribution in [1.82, 2.24) is 14.6 Å². The van der Waals surface area contributed by atoms with Gasteiger partial charge >= 0.3 is 0 Å². The maximum Gasteiger partial charge on any atom is 0.243 e. The first-order chi connectivity index (χ1) is 15.3. The number of sulfonamides is 1. The molecule has 3 aromatic rings. The van der Waals surface area contributed by atoms with Crippen LogP contribution in [-0.2, 0) is 21.2 Å². The van der Waals surface area contributed by atoms with Crippen molar-refractivity contribution in [3.63, 3.8) is 0 Å². The van der Waals surface area contributed by atoms with Crippen LogP contribution in [0.1, 0.15) is 29.7 Å². The van der Waals surface area contributed by atoms with Crippen LogP contribution in [0.5, 0.6) is 0 Å². The van der Waals surface area contributed by atoms with E-state index in [0.29, 0.717) is 32.4 Å². The summed E-state index contributed by atoms with van der Waals surface area (Å²) in [6.07, 6.45) is 1.81. The lowest BCUT2D eigenvalue weighted by Crippen LogP contribution is -2.46. The summed E-state index contributed by atoms with van der Waals surface area (Å²) in [5, 5.41) is 5.87. The highest BCUT2D eigenvalue weighted by atomic mass is 32.2. The van der Waals surface area contributed by atoms with Crippen molar-refractivity contribution in [3.05, 3.63) is 70.7 Å². The molecule has 6 nitrogen and oxygen atoms in total. The summed E-state index contributed by atoms with van der Waals surface area (Å²) in [6.45, 7) is 4.54. The highest BCUT2D eigenvalue weighted by Crippen LogP contribution is 2.27. The van der Waals surface area contributed by atoms with Gasteiger partial charge in [0, 0.05) is 30.5 Å². The van der Waals surface area contributed by atoms with Gasteiger partial charge in [0.15, 0.2) is 0 Å². The van der Waals surface area contributed by atoms with Gasteiger partial charge < -0.3 is 5.32 Å². The second-order valence-corrected chi connectivity index (χ2v) is 10.9. The SMILES string of the molecule is Cc1cc(C)cc(S(=O)(=O)N2CCCC2C(=O)NCCc2csc(-c3ccccc3)n2)c1. The number of benzene rings is 2. The Balaban J connectivity index is 1.38. The van der Waals surface area contributed by atoms with Gasteiger partial charge in [-0.1, -0.05) is 36.4 Å². The lowest BCUT2D eigenvalue weighted by molar-refractivity contribution is -0.124. The Morgan fingerprint density at radius 1 is 1.16 bits per heavy atom. The smallest absolute Gasteiger partial charge is 0.243 e. The van der Waals surface area contributed by atoms with Crippen molar-refractivity contribution in [2.24, 2.45) is 0 Å². The molecule has 1 aromatic heterocycles. The highest BCUT2D eigenvalue weighted by Gasteiger charge is 2.39. The number of hydrogen-bond donors (Lipinski definition) is 1. The number of hydrogen-bond acceptors (Lipinski definition) is 5. The molecule has 1 atom stereocenters. The van der Waals surface area contributed by atoms with Crippen LogP contribution in [0.3, 0.4) is 0 Å². The van der Waals surface area contributed by atoms with Gasteiger partial charge in [-0.15, -0.1) is 11.3 Å². The van der Waals surface area contributed by atoms with Crippen LogP contribution in [0.2, 0.25) is 0 Å². The van der Waals surface area contributed by atoms with E-state index in [1.165, 1.54) is 4.31 Å². The first-order valence-electron chi connectivity index (χ1n) is 10.7. The van der Waals surface area contributed by atoms with E-state index in [2.05, 4.69) is 10.3 Å². The molecule has 1 unspecified atom stereocenters. The molecule has 8 heteroatoms. The minimum Gasteiger partial charge on any atom is -0.354 e. The average Bonchev–Trinajstić information content (AvgIpc) is 3.44. The minimum atomic E-state index is -3.72. The second-order valence-electron chi connectivity index (χ2n) is 8.15. The Labute approximate surface area is 193 Å². The van der Waals surface area contributed by atoms with E-state index in [4.69, 9.17) is 0 Å². The molecule has 1 saturated heterocycles. The predicted octanol–water partition coefficient (Wildman–Crippen LogP) is 3.94. The van der Waals surface area contributed by atoms with Crippen LogP contribution >= 0.6 is 11.3 Å². The van der Waals surface area contributed by atoms with Crippen molar-refractivity contribution < 1.29 is 13.2 Å². The summed E-state index contributed by atoms with van der Waals surface area (Å²) in [6, 6.07) is 14.6. The quantitative estimate of drug-likeness (QED) is 0.568. The van der Waals surface area contributed by atoms with Gasteiger partial charge in [0.1, 0.15) is 11.0 Å². The van der Waals surface area contributed by atoms with E-state index in [9.17, 15) is 13.2 Å². The number of carbonyl (C=O) groups is 1. The summed E-state index contributed by atoms with van der Waals surface area (Å²) >= 11 is 1.58. The molecule has 0 radical (unpaired) electrons. The zero-order chi connectivity index (χ0) is 22.7. The van der Waals surface area contributed by atoms with E-state index >= 15 is 0 Å². The molecule has 1 aliphatic heterocycles. The number of nitrogens with zero attached hydrogens (tertiary/aromatic N) is 2. The van der Waals surface area contributed by atoms with Gasteiger partial charge in [-0.25, -0.2) is 13.4 Å². The lowest BCUT2D eigenvalue weighted by Gasteiger charge is -2.23. The molecule has 2 heterocycles. The summed E-state index contributed by atoms with van der Waals surface area (Å²) in [7, 11) is -3.72. The highest BCUT2D eigenvalue weighted by molar-refractivity contribution is 7.89. The maximum absolute atomic E-state index is 13.2. The molecule has 1 aliphatic rings. The van der Waals surface area contributed by atoms with Gasteiger partial charge in [-0.3, -0.25) is 4.79 Å². The fraction of sp³-hybridized carbons (Fsp3) is 0.333. The van der Waals surface area contributed by atoms with Crippen LogP contribution in [-0.4, -0.2) is 42.7 Å². The fourth-order valence-corrected chi connectivity index (χ4v) is 6.78. The molecule has 0 aliphatic carbocycles. The number of amides is 1. The monoisotopic (exact) mass is 469 g/mol. The topological polar surface area (TPSA) is 79.4 Å². The number of rotatable bonds is 7. The molecule has 32 heavy (non-hydrogen) atoms. The van der Waals surface area contributed by atoms with Crippen LogP contribution in [0.15, 0.2) is 58.8 Å². The summed E-state index contributed by atoms with van der Waals surface area (Å²) in [5.74, 6) is -0.242. The van der Waals surface area contributed by atoms with Gasteiger partial charge in [-0.2, -0.15) is 4.31 Å².